The minimum atomic E-state index is -0.239. The number of nitrogens with two attached hydrogens (primary N) is 1. The molecule has 118 valence electrons. The van der Waals surface area contributed by atoms with Crippen LogP contribution in [0.2, 0.25) is 5.02 Å². The zero-order valence-electron chi connectivity index (χ0n) is 12.2. The van der Waals surface area contributed by atoms with E-state index in [1.54, 1.807) is 30.3 Å². The number of hydrogen-bond donors (Lipinski definition) is 3. The van der Waals surface area contributed by atoms with Gasteiger partial charge in [0.2, 0.25) is 5.95 Å². The lowest BCUT2D eigenvalue weighted by molar-refractivity contribution is 0.476. The van der Waals surface area contributed by atoms with E-state index >= 15 is 0 Å². The van der Waals surface area contributed by atoms with Crippen LogP contribution in [0.25, 0.3) is 16.6 Å². The second kappa shape index (κ2) is 6.28. The number of nitrogens with one attached hydrogen (secondary N) is 1. The highest BCUT2D eigenvalue weighted by Crippen LogP contribution is 2.20. The summed E-state index contributed by atoms with van der Waals surface area (Å²) < 4.78 is 1.46. The Morgan fingerprint density at radius 3 is 2.65 bits per heavy atom. The molecule has 0 atom stereocenters. The largest absolute Gasteiger partial charge is 0.508 e. The number of rotatable bonds is 4. The molecule has 6 nitrogen and oxygen atoms in total. The van der Waals surface area contributed by atoms with Crippen LogP contribution >= 0.6 is 11.6 Å². The van der Waals surface area contributed by atoms with Gasteiger partial charge in [-0.25, -0.2) is 9.55 Å². The summed E-state index contributed by atoms with van der Waals surface area (Å²) in [6, 6.07) is 11.4. The van der Waals surface area contributed by atoms with E-state index < -0.39 is 0 Å². The molecule has 2 aromatic carbocycles. The number of hydrogen-bond acceptors (Lipinski definition) is 5. The van der Waals surface area contributed by atoms with Gasteiger partial charge >= 0.3 is 0 Å². The highest BCUT2D eigenvalue weighted by Gasteiger charge is 2.13. The van der Waals surface area contributed by atoms with Gasteiger partial charge in [-0.1, -0.05) is 11.6 Å². The Hall–Kier alpha value is -2.57. The average molecular weight is 331 g/mol. The molecule has 0 saturated heterocycles. The Balaban J connectivity index is 2.28. The lowest BCUT2D eigenvalue weighted by Crippen LogP contribution is -2.25. The predicted molar refractivity (Wildman–Crippen MR) is 91.6 cm³/mol. The molecule has 23 heavy (non-hydrogen) atoms. The van der Waals surface area contributed by atoms with Gasteiger partial charge in [-0.2, -0.15) is 0 Å². The highest BCUT2D eigenvalue weighted by molar-refractivity contribution is 6.30. The molecule has 0 bridgehead atoms. The van der Waals surface area contributed by atoms with E-state index in [0.29, 0.717) is 40.7 Å². The normalized spacial score (nSPS) is 10.9. The summed E-state index contributed by atoms with van der Waals surface area (Å²) in [6.07, 6.45) is 0. The summed E-state index contributed by atoms with van der Waals surface area (Å²) in [7, 11) is 0. The third kappa shape index (κ3) is 2.99. The van der Waals surface area contributed by atoms with Crippen molar-refractivity contribution in [2.24, 2.45) is 5.73 Å². The van der Waals surface area contributed by atoms with Gasteiger partial charge in [-0.05, 0) is 36.4 Å². The molecule has 0 unspecified atom stereocenters. The maximum atomic E-state index is 12.8. The maximum Gasteiger partial charge on any atom is 0.267 e. The number of nitrogens with zero attached hydrogens (tertiary/aromatic N) is 2. The fraction of sp³-hybridized carbons (Fsp3) is 0.125. The molecule has 1 aromatic heterocycles. The van der Waals surface area contributed by atoms with Crippen LogP contribution in [0.1, 0.15) is 0 Å². The number of phenols is 1. The number of anilines is 1. The van der Waals surface area contributed by atoms with Crippen LogP contribution in [0.15, 0.2) is 47.3 Å². The molecule has 4 N–H and O–H groups in total. The molecule has 1 heterocycles. The van der Waals surface area contributed by atoms with E-state index in [0.717, 1.165) is 0 Å². The molecule has 0 saturated carbocycles. The number of aromatic hydroxyl groups is 1. The molecule has 0 amide bonds. The Kier molecular flexibility index (Phi) is 4.18. The van der Waals surface area contributed by atoms with Gasteiger partial charge in [0, 0.05) is 24.2 Å². The molecule has 7 heteroatoms. The molecular weight excluding hydrogens is 316 g/mol. The first-order chi connectivity index (χ1) is 11.1. The van der Waals surface area contributed by atoms with Crippen molar-refractivity contribution >= 4 is 28.5 Å². The van der Waals surface area contributed by atoms with E-state index in [1.807, 2.05) is 0 Å². The summed E-state index contributed by atoms with van der Waals surface area (Å²) in [6.45, 7) is 0.860. The van der Waals surface area contributed by atoms with Crippen LogP contribution in [0, 0.1) is 0 Å². The predicted octanol–water partition coefficient (Wildman–Crippen LogP) is 2.12. The van der Waals surface area contributed by atoms with Crippen LogP contribution in [0.4, 0.5) is 5.95 Å². The number of phenolic OH excluding ortho intramolecular Hbond substituents is 1. The van der Waals surface area contributed by atoms with E-state index in [4.69, 9.17) is 17.3 Å². The van der Waals surface area contributed by atoms with Gasteiger partial charge in [0.15, 0.2) is 0 Å². The van der Waals surface area contributed by atoms with Crippen LogP contribution in [-0.4, -0.2) is 27.7 Å². The molecule has 0 aliphatic rings. The Morgan fingerprint density at radius 2 is 1.96 bits per heavy atom. The molecule has 3 aromatic rings. The van der Waals surface area contributed by atoms with Crippen LogP contribution in [-0.2, 0) is 0 Å². The SMILES string of the molecule is NCCNc1nc2cc(O)ccc2c(=O)n1-c1ccc(Cl)cc1. The molecule has 0 spiro atoms. The zero-order valence-corrected chi connectivity index (χ0v) is 12.9. The highest BCUT2D eigenvalue weighted by atomic mass is 35.5. The first-order valence-electron chi connectivity index (χ1n) is 7.06. The molecule has 0 radical (unpaired) electrons. The number of aromatic nitrogens is 2. The Labute approximate surface area is 137 Å². The zero-order chi connectivity index (χ0) is 16.4. The topological polar surface area (TPSA) is 93.2 Å². The summed E-state index contributed by atoms with van der Waals surface area (Å²) in [5.41, 5.74) is 6.34. The molecule has 0 fully saturated rings. The smallest absolute Gasteiger partial charge is 0.267 e. The van der Waals surface area contributed by atoms with Gasteiger partial charge in [0.25, 0.3) is 5.56 Å². The summed E-state index contributed by atoms with van der Waals surface area (Å²) in [4.78, 5) is 17.3. The second-order valence-corrected chi connectivity index (χ2v) is 5.41. The van der Waals surface area contributed by atoms with Crippen molar-refractivity contribution in [3.8, 4) is 11.4 Å². The first kappa shape index (κ1) is 15.3. The number of fused-ring (bicyclic) bond motifs is 1. The van der Waals surface area contributed by atoms with Crippen molar-refractivity contribution in [1.82, 2.24) is 9.55 Å². The van der Waals surface area contributed by atoms with Gasteiger partial charge in [0.05, 0.1) is 16.6 Å². The van der Waals surface area contributed by atoms with Crippen molar-refractivity contribution in [2.75, 3.05) is 18.4 Å². The lowest BCUT2D eigenvalue weighted by Gasteiger charge is -2.14. The minimum Gasteiger partial charge on any atom is -0.508 e. The Morgan fingerprint density at radius 1 is 1.22 bits per heavy atom. The quantitative estimate of drug-likeness (QED) is 0.681. The number of halogens is 1. The third-order valence-electron chi connectivity index (χ3n) is 3.37. The van der Waals surface area contributed by atoms with Crippen LogP contribution in [0.5, 0.6) is 5.75 Å². The third-order valence-corrected chi connectivity index (χ3v) is 3.62. The summed E-state index contributed by atoms with van der Waals surface area (Å²) >= 11 is 5.91. The van der Waals surface area contributed by atoms with Crippen molar-refractivity contribution < 1.29 is 5.11 Å². The van der Waals surface area contributed by atoms with Gasteiger partial charge in [0.1, 0.15) is 5.75 Å². The molecule has 3 rings (SSSR count). The molecule has 0 aliphatic carbocycles. The second-order valence-electron chi connectivity index (χ2n) is 4.97. The molecular formula is C16H15ClN4O2. The van der Waals surface area contributed by atoms with E-state index in [2.05, 4.69) is 10.3 Å². The van der Waals surface area contributed by atoms with Crippen LogP contribution < -0.4 is 16.6 Å². The summed E-state index contributed by atoms with van der Waals surface area (Å²) in [5, 5.41) is 13.6. The molecule has 0 aliphatic heterocycles. The average Bonchev–Trinajstić information content (AvgIpc) is 2.54. The first-order valence-corrected chi connectivity index (χ1v) is 7.43. The monoisotopic (exact) mass is 330 g/mol. The summed E-state index contributed by atoms with van der Waals surface area (Å²) in [5.74, 6) is 0.416. The number of benzene rings is 2. The van der Waals surface area contributed by atoms with Gasteiger partial charge in [-0.15, -0.1) is 0 Å². The van der Waals surface area contributed by atoms with Crippen molar-refractivity contribution in [2.45, 2.75) is 0 Å². The Bertz CT molecular complexity index is 906. The van der Waals surface area contributed by atoms with Gasteiger partial charge in [-0.3, -0.25) is 4.79 Å². The van der Waals surface area contributed by atoms with Crippen molar-refractivity contribution in [3.05, 3.63) is 57.8 Å². The van der Waals surface area contributed by atoms with Crippen LogP contribution in [0.3, 0.4) is 0 Å². The minimum absolute atomic E-state index is 0.0541. The fourth-order valence-corrected chi connectivity index (χ4v) is 2.43. The van der Waals surface area contributed by atoms with Crippen molar-refractivity contribution in [3.63, 3.8) is 0 Å². The lowest BCUT2D eigenvalue weighted by atomic mass is 10.2. The standard InChI is InChI=1S/C16H15ClN4O2/c17-10-1-3-11(4-2-10)21-15(23)13-6-5-12(22)9-14(13)20-16(21)19-8-7-18/h1-6,9,22H,7-8,18H2,(H,19,20). The van der Waals surface area contributed by atoms with E-state index in [1.165, 1.54) is 16.7 Å². The maximum absolute atomic E-state index is 12.8. The van der Waals surface area contributed by atoms with Crippen molar-refractivity contribution in [1.29, 1.82) is 0 Å². The van der Waals surface area contributed by atoms with E-state index in [-0.39, 0.29) is 11.3 Å². The van der Waals surface area contributed by atoms with Gasteiger partial charge < -0.3 is 16.2 Å². The fourth-order valence-electron chi connectivity index (χ4n) is 2.31. The van der Waals surface area contributed by atoms with E-state index in [9.17, 15) is 9.90 Å².